The van der Waals surface area contributed by atoms with Crippen LogP contribution in [0.4, 0.5) is 13.6 Å². The highest BCUT2D eigenvalue weighted by Crippen LogP contribution is 2.29. The van der Waals surface area contributed by atoms with Gasteiger partial charge in [0, 0.05) is 6.54 Å². The molecule has 1 fully saturated rings. The number of hydrogen-bond donors (Lipinski definition) is 1. The van der Waals surface area contributed by atoms with Gasteiger partial charge in [-0.05, 0) is 31.0 Å². The smallest absolute Gasteiger partial charge is 0.319 e. The Morgan fingerprint density at radius 2 is 1.90 bits per heavy atom. The summed E-state index contributed by atoms with van der Waals surface area (Å²) in [6.07, 6.45) is 2.62. The van der Waals surface area contributed by atoms with Crippen LogP contribution >= 0.6 is 0 Å². The van der Waals surface area contributed by atoms with Crippen LogP contribution in [-0.4, -0.2) is 23.4 Å². The number of unbranched alkanes of at least 4 members (excludes halogenated alkanes) is 2. The largest absolute Gasteiger partial charge is 0.325 e. The van der Waals surface area contributed by atoms with Gasteiger partial charge in [0.05, 0.1) is 0 Å². The maximum absolute atomic E-state index is 13.4. The summed E-state index contributed by atoms with van der Waals surface area (Å²) in [5, 5.41) is 2.57. The molecular weight excluding hydrogens is 278 g/mol. The Labute approximate surface area is 122 Å². The molecule has 1 heterocycles. The quantitative estimate of drug-likeness (QED) is 0.671. The Hall–Kier alpha value is -1.98. The Morgan fingerprint density at radius 3 is 2.52 bits per heavy atom. The summed E-state index contributed by atoms with van der Waals surface area (Å²) in [6.45, 7) is 3.86. The zero-order valence-corrected chi connectivity index (χ0v) is 12.1. The standard InChI is InChI=1S/C15H18F2N2O2/c1-3-4-5-8-19-13(20)15(2,18-14(19)21)10-6-7-11(16)12(17)9-10/h6-7,9H,3-5,8H2,1-2H3,(H,18,21). The van der Waals surface area contributed by atoms with E-state index in [1.165, 1.54) is 13.0 Å². The summed E-state index contributed by atoms with van der Waals surface area (Å²) in [4.78, 5) is 25.5. The number of imide groups is 1. The van der Waals surface area contributed by atoms with Crippen LogP contribution in [0.25, 0.3) is 0 Å². The van der Waals surface area contributed by atoms with Gasteiger partial charge in [0.15, 0.2) is 11.6 Å². The second-order valence-corrected chi connectivity index (χ2v) is 5.35. The second-order valence-electron chi connectivity index (χ2n) is 5.35. The fourth-order valence-electron chi connectivity index (χ4n) is 2.42. The number of amides is 3. The minimum atomic E-state index is -1.35. The molecule has 1 aliphatic rings. The topological polar surface area (TPSA) is 49.4 Å². The summed E-state index contributed by atoms with van der Waals surface area (Å²) >= 11 is 0. The van der Waals surface area contributed by atoms with E-state index in [2.05, 4.69) is 5.32 Å². The molecule has 1 N–H and O–H groups in total. The minimum absolute atomic E-state index is 0.234. The number of hydrogen-bond acceptors (Lipinski definition) is 2. The summed E-state index contributed by atoms with van der Waals surface area (Å²) in [7, 11) is 0. The molecule has 1 aliphatic heterocycles. The summed E-state index contributed by atoms with van der Waals surface area (Å²) in [6, 6.07) is 2.72. The lowest BCUT2D eigenvalue weighted by Crippen LogP contribution is -2.41. The van der Waals surface area contributed by atoms with Crippen molar-refractivity contribution in [1.82, 2.24) is 10.2 Å². The molecule has 1 saturated heterocycles. The van der Waals surface area contributed by atoms with Gasteiger partial charge in [-0.1, -0.05) is 25.8 Å². The SMILES string of the molecule is CCCCCN1C(=O)NC(C)(c2ccc(F)c(F)c2)C1=O. The van der Waals surface area contributed by atoms with Crippen LogP contribution in [0, 0.1) is 11.6 Å². The third-order valence-electron chi connectivity index (χ3n) is 3.76. The third kappa shape index (κ3) is 2.75. The van der Waals surface area contributed by atoms with E-state index in [9.17, 15) is 18.4 Å². The number of urea groups is 1. The molecule has 2 rings (SSSR count). The van der Waals surface area contributed by atoms with Gasteiger partial charge < -0.3 is 5.32 Å². The maximum Gasteiger partial charge on any atom is 0.325 e. The van der Waals surface area contributed by atoms with Crippen LogP contribution in [0.3, 0.4) is 0 Å². The monoisotopic (exact) mass is 296 g/mol. The van der Waals surface area contributed by atoms with Crippen molar-refractivity contribution in [2.75, 3.05) is 6.54 Å². The van der Waals surface area contributed by atoms with Crippen molar-refractivity contribution in [2.45, 2.75) is 38.6 Å². The van der Waals surface area contributed by atoms with E-state index < -0.39 is 29.1 Å². The van der Waals surface area contributed by atoms with Crippen LogP contribution < -0.4 is 5.32 Å². The third-order valence-corrected chi connectivity index (χ3v) is 3.76. The molecule has 0 aromatic heterocycles. The lowest BCUT2D eigenvalue weighted by Gasteiger charge is -2.22. The molecule has 0 bridgehead atoms. The number of carbonyl (C=O) groups is 2. The highest BCUT2D eigenvalue weighted by Gasteiger charge is 2.48. The molecule has 1 atom stereocenters. The number of benzene rings is 1. The summed E-state index contributed by atoms with van der Waals surface area (Å²) in [5.74, 6) is -2.46. The molecule has 6 heteroatoms. The van der Waals surface area contributed by atoms with E-state index in [0.717, 1.165) is 36.3 Å². The van der Waals surface area contributed by atoms with Crippen molar-refractivity contribution < 1.29 is 18.4 Å². The lowest BCUT2D eigenvalue weighted by molar-refractivity contribution is -0.131. The Morgan fingerprint density at radius 1 is 1.19 bits per heavy atom. The summed E-state index contributed by atoms with van der Waals surface area (Å²) < 4.78 is 26.4. The van der Waals surface area contributed by atoms with Crippen LogP contribution in [0.15, 0.2) is 18.2 Å². The molecule has 0 radical (unpaired) electrons. The van der Waals surface area contributed by atoms with Gasteiger partial charge in [-0.15, -0.1) is 0 Å². The molecular formula is C15H18F2N2O2. The lowest BCUT2D eigenvalue weighted by atomic mass is 9.92. The molecule has 1 aromatic carbocycles. The molecule has 21 heavy (non-hydrogen) atoms. The Bertz CT molecular complexity index is 577. The predicted molar refractivity (Wildman–Crippen MR) is 73.5 cm³/mol. The second kappa shape index (κ2) is 5.79. The van der Waals surface area contributed by atoms with Gasteiger partial charge >= 0.3 is 6.03 Å². The van der Waals surface area contributed by atoms with E-state index in [-0.39, 0.29) is 5.56 Å². The minimum Gasteiger partial charge on any atom is -0.319 e. The number of halogens is 2. The summed E-state index contributed by atoms with van der Waals surface area (Å²) in [5.41, 5.74) is -1.12. The van der Waals surface area contributed by atoms with Crippen molar-refractivity contribution in [3.8, 4) is 0 Å². The average molecular weight is 296 g/mol. The Kier molecular flexibility index (Phi) is 4.25. The van der Waals surface area contributed by atoms with Gasteiger partial charge in [-0.25, -0.2) is 13.6 Å². The molecule has 0 spiro atoms. The zero-order valence-electron chi connectivity index (χ0n) is 12.1. The molecule has 0 saturated carbocycles. The zero-order chi connectivity index (χ0) is 15.6. The van der Waals surface area contributed by atoms with Gasteiger partial charge in [0.25, 0.3) is 5.91 Å². The Balaban J connectivity index is 2.24. The van der Waals surface area contributed by atoms with Gasteiger partial charge in [0.1, 0.15) is 5.54 Å². The highest BCUT2D eigenvalue weighted by molar-refractivity contribution is 6.07. The first-order valence-electron chi connectivity index (χ1n) is 6.99. The van der Waals surface area contributed by atoms with Crippen molar-refractivity contribution in [1.29, 1.82) is 0 Å². The number of carbonyl (C=O) groups excluding carboxylic acids is 2. The highest BCUT2D eigenvalue weighted by atomic mass is 19.2. The van der Waals surface area contributed by atoms with Crippen LogP contribution in [0.5, 0.6) is 0 Å². The van der Waals surface area contributed by atoms with E-state index in [1.807, 2.05) is 6.92 Å². The van der Waals surface area contributed by atoms with E-state index in [1.54, 1.807) is 0 Å². The first kappa shape index (κ1) is 15.4. The van der Waals surface area contributed by atoms with E-state index in [4.69, 9.17) is 0 Å². The predicted octanol–water partition coefficient (Wildman–Crippen LogP) is 2.92. The van der Waals surface area contributed by atoms with Gasteiger partial charge in [0.2, 0.25) is 0 Å². The normalized spacial score (nSPS) is 21.8. The van der Waals surface area contributed by atoms with Crippen molar-refractivity contribution in [2.24, 2.45) is 0 Å². The first-order chi connectivity index (χ1) is 9.90. The molecule has 4 nitrogen and oxygen atoms in total. The molecule has 1 aromatic rings. The number of nitrogens with one attached hydrogen (secondary N) is 1. The van der Waals surface area contributed by atoms with E-state index in [0.29, 0.717) is 6.54 Å². The van der Waals surface area contributed by atoms with Crippen molar-refractivity contribution in [3.05, 3.63) is 35.4 Å². The fraction of sp³-hybridized carbons (Fsp3) is 0.467. The molecule has 3 amide bonds. The molecule has 0 aliphatic carbocycles. The molecule has 114 valence electrons. The first-order valence-corrected chi connectivity index (χ1v) is 6.99. The van der Waals surface area contributed by atoms with Crippen molar-refractivity contribution in [3.63, 3.8) is 0 Å². The maximum atomic E-state index is 13.4. The number of nitrogens with zero attached hydrogens (tertiary/aromatic N) is 1. The molecule has 1 unspecified atom stereocenters. The van der Waals surface area contributed by atoms with Gasteiger partial charge in [-0.2, -0.15) is 0 Å². The van der Waals surface area contributed by atoms with Crippen LogP contribution in [0.1, 0.15) is 38.7 Å². The number of rotatable bonds is 5. The van der Waals surface area contributed by atoms with E-state index >= 15 is 0 Å². The van der Waals surface area contributed by atoms with Gasteiger partial charge in [-0.3, -0.25) is 9.69 Å². The fourth-order valence-corrected chi connectivity index (χ4v) is 2.42. The van der Waals surface area contributed by atoms with Crippen molar-refractivity contribution >= 4 is 11.9 Å². The average Bonchev–Trinajstić information content (AvgIpc) is 2.66. The van der Waals surface area contributed by atoms with Crippen LogP contribution in [0.2, 0.25) is 0 Å². The van der Waals surface area contributed by atoms with Crippen LogP contribution in [-0.2, 0) is 10.3 Å².